The number of anilines is 1. The molecule has 1 aromatic carbocycles. The highest BCUT2D eigenvalue weighted by molar-refractivity contribution is 6.30. The minimum absolute atomic E-state index is 0.0103. The smallest absolute Gasteiger partial charge is 0.239 e. The number of aromatic amines is 1. The molecule has 0 spiro atoms. The number of amides is 1. The highest BCUT2D eigenvalue weighted by Gasteiger charge is 2.21. The number of halogens is 1. The Morgan fingerprint density at radius 3 is 2.88 bits per heavy atom. The maximum absolute atomic E-state index is 12.0. The van der Waals surface area contributed by atoms with E-state index in [9.17, 15) is 4.79 Å². The molecule has 8 nitrogen and oxygen atoms in total. The van der Waals surface area contributed by atoms with Gasteiger partial charge in [0, 0.05) is 35.8 Å². The molecule has 0 bridgehead atoms. The van der Waals surface area contributed by atoms with Crippen LogP contribution >= 0.6 is 11.6 Å². The molecule has 9 heteroatoms. The summed E-state index contributed by atoms with van der Waals surface area (Å²) in [6.45, 7) is 5.63. The fraction of sp³-hybridized carbons (Fsp3) is 0.280. The molecule has 2 aromatic rings. The van der Waals surface area contributed by atoms with Crippen LogP contribution in [0.2, 0.25) is 5.02 Å². The maximum atomic E-state index is 12.0. The number of H-pyrrole nitrogens is 1. The van der Waals surface area contributed by atoms with Crippen molar-refractivity contribution in [1.29, 1.82) is 0 Å². The molecule has 176 valence electrons. The van der Waals surface area contributed by atoms with Gasteiger partial charge in [0.2, 0.25) is 11.9 Å². The Kier molecular flexibility index (Phi) is 7.59. The Labute approximate surface area is 204 Å². The van der Waals surface area contributed by atoms with Gasteiger partial charge in [-0.1, -0.05) is 42.8 Å². The number of carbonyl (C=O) groups excluding carboxylic acids is 1. The zero-order chi connectivity index (χ0) is 23.9. The van der Waals surface area contributed by atoms with Gasteiger partial charge in [-0.2, -0.15) is 10.1 Å². The van der Waals surface area contributed by atoms with E-state index in [0.29, 0.717) is 29.9 Å². The molecule has 4 rings (SSSR count). The number of aromatic nitrogens is 2. The monoisotopic (exact) mass is 477 g/mol. The number of hydrogen-bond donors (Lipinski definition) is 3. The molecule has 1 fully saturated rings. The number of benzene rings is 1. The van der Waals surface area contributed by atoms with E-state index in [2.05, 4.69) is 33.8 Å². The van der Waals surface area contributed by atoms with E-state index in [1.165, 1.54) is 0 Å². The highest BCUT2D eigenvalue weighted by Crippen LogP contribution is 2.20. The second-order valence-corrected chi connectivity index (χ2v) is 8.60. The maximum Gasteiger partial charge on any atom is 0.239 e. The number of nitrogens with zero attached hydrogens (tertiary/aromatic N) is 4. The van der Waals surface area contributed by atoms with Crippen molar-refractivity contribution in [2.75, 3.05) is 25.0 Å². The summed E-state index contributed by atoms with van der Waals surface area (Å²) in [5.74, 6) is 1.87. The summed E-state index contributed by atoms with van der Waals surface area (Å²) in [5.41, 5.74) is 2.75. The summed E-state index contributed by atoms with van der Waals surface area (Å²) in [6.07, 6.45) is 10.7. The van der Waals surface area contributed by atoms with E-state index in [1.807, 2.05) is 66.5 Å². The van der Waals surface area contributed by atoms with Gasteiger partial charge in [-0.25, -0.2) is 4.99 Å². The van der Waals surface area contributed by atoms with Gasteiger partial charge in [-0.15, -0.1) is 0 Å². The Hall–Kier alpha value is -3.65. The molecule has 1 saturated heterocycles. The van der Waals surface area contributed by atoms with Crippen LogP contribution in [-0.2, 0) is 4.79 Å². The van der Waals surface area contributed by atoms with Crippen LogP contribution in [-0.4, -0.2) is 52.3 Å². The summed E-state index contributed by atoms with van der Waals surface area (Å²) in [6, 6.07) is 9.56. The molecule has 1 aromatic heterocycles. The number of aliphatic imine (C=N–C) groups is 2. The zero-order valence-corrected chi connectivity index (χ0v) is 20.0. The minimum atomic E-state index is -0.0103. The number of hydrogen-bond acceptors (Lipinski definition) is 6. The Balaban J connectivity index is 1.67. The van der Waals surface area contributed by atoms with Crippen molar-refractivity contribution in [1.82, 2.24) is 20.4 Å². The van der Waals surface area contributed by atoms with Crippen molar-refractivity contribution >= 4 is 47.1 Å². The third-order valence-electron chi connectivity index (χ3n) is 5.46. The van der Waals surface area contributed by atoms with Crippen molar-refractivity contribution in [3.63, 3.8) is 0 Å². The Morgan fingerprint density at radius 2 is 2.09 bits per heavy atom. The average molecular weight is 478 g/mol. The van der Waals surface area contributed by atoms with Crippen LogP contribution in [0.3, 0.4) is 0 Å². The molecule has 2 aliphatic heterocycles. The first-order valence-corrected chi connectivity index (χ1v) is 11.7. The van der Waals surface area contributed by atoms with Crippen LogP contribution in [0.15, 0.2) is 64.4 Å². The van der Waals surface area contributed by atoms with E-state index in [4.69, 9.17) is 21.6 Å². The molecular weight excluding hydrogens is 450 g/mol. The number of carbonyl (C=O) groups is 1. The van der Waals surface area contributed by atoms with Gasteiger partial charge in [0.05, 0.1) is 12.2 Å². The van der Waals surface area contributed by atoms with Crippen LogP contribution in [0.25, 0.3) is 12.2 Å². The second-order valence-electron chi connectivity index (χ2n) is 8.16. The normalized spacial score (nSPS) is 24.0. The number of rotatable bonds is 5. The minimum Gasteiger partial charge on any atom is -0.353 e. The van der Waals surface area contributed by atoms with E-state index < -0.39 is 0 Å². The number of guanidine groups is 1. The van der Waals surface area contributed by atoms with Crippen LogP contribution < -0.4 is 10.6 Å². The molecule has 3 N–H and O–H groups in total. The van der Waals surface area contributed by atoms with Crippen LogP contribution in [0, 0.1) is 5.92 Å². The molecule has 2 aliphatic rings. The predicted molar refractivity (Wildman–Crippen MR) is 139 cm³/mol. The third-order valence-corrected chi connectivity index (χ3v) is 5.69. The van der Waals surface area contributed by atoms with Gasteiger partial charge in [0.1, 0.15) is 5.82 Å². The van der Waals surface area contributed by atoms with Gasteiger partial charge >= 0.3 is 0 Å². The first-order valence-electron chi connectivity index (χ1n) is 11.3. The Bertz CT molecular complexity index is 1190. The third kappa shape index (κ3) is 6.23. The van der Waals surface area contributed by atoms with Gasteiger partial charge in [-0.05, 0) is 49.3 Å². The second kappa shape index (κ2) is 11.0. The Morgan fingerprint density at radius 1 is 1.21 bits per heavy atom. The number of piperazine rings is 1. The van der Waals surface area contributed by atoms with E-state index in [-0.39, 0.29) is 18.4 Å². The number of nitrogens with one attached hydrogen (secondary N) is 3. The molecule has 34 heavy (non-hydrogen) atoms. The van der Waals surface area contributed by atoms with E-state index in [0.717, 1.165) is 29.2 Å². The van der Waals surface area contributed by atoms with Crippen LogP contribution in [0.5, 0.6) is 0 Å². The lowest BCUT2D eigenvalue weighted by Crippen LogP contribution is -2.47. The van der Waals surface area contributed by atoms with Crippen molar-refractivity contribution in [2.24, 2.45) is 15.9 Å². The van der Waals surface area contributed by atoms with Gasteiger partial charge in [0.25, 0.3) is 0 Å². The van der Waals surface area contributed by atoms with Gasteiger partial charge in [0.15, 0.2) is 5.82 Å². The van der Waals surface area contributed by atoms with E-state index >= 15 is 0 Å². The zero-order valence-electron chi connectivity index (χ0n) is 19.3. The fourth-order valence-corrected chi connectivity index (χ4v) is 3.88. The number of allylic oxidation sites excluding steroid dienone is 3. The molecule has 0 radical (unpaired) electrons. The topological polar surface area (TPSA) is 97.8 Å². The van der Waals surface area contributed by atoms with Crippen molar-refractivity contribution in [2.45, 2.75) is 20.3 Å². The molecule has 1 atom stereocenters. The van der Waals surface area contributed by atoms with Gasteiger partial charge in [-0.3, -0.25) is 9.89 Å². The SMILES string of the molecule is C/C=C/c1cc(NC2=N/C(N3CCNC(=O)C3)=C/CC(C)C(/C=C/c3cccc(Cl)c3)=N\2)n[nH]1. The molecule has 1 amide bonds. The first-order chi connectivity index (χ1) is 16.5. The standard InChI is InChI=1S/C25H28ClN7O/c1-3-5-20-15-22(32-31-20)29-25-28-21(10-9-18-6-4-7-19(26)14-18)17(2)8-11-23(30-25)33-13-12-27-24(34)16-33/h3-7,9-11,14-15,17H,8,12-13,16H2,1-2H3,(H,27,34)(H2,29,30,31,32)/b5-3+,10-9+,23-11-,28-21-. The molecule has 0 aliphatic carbocycles. The van der Waals surface area contributed by atoms with Gasteiger partial charge < -0.3 is 15.5 Å². The summed E-state index contributed by atoms with van der Waals surface area (Å²) in [7, 11) is 0. The summed E-state index contributed by atoms with van der Waals surface area (Å²) >= 11 is 6.13. The molecule has 0 saturated carbocycles. The lowest BCUT2D eigenvalue weighted by molar-refractivity contribution is -0.123. The summed E-state index contributed by atoms with van der Waals surface area (Å²) in [5, 5.41) is 14.1. The summed E-state index contributed by atoms with van der Waals surface area (Å²) < 4.78 is 0. The lowest BCUT2D eigenvalue weighted by Gasteiger charge is -2.29. The predicted octanol–water partition coefficient (Wildman–Crippen LogP) is 4.33. The molecule has 1 unspecified atom stereocenters. The van der Waals surface area contributed by atoms with Crippen LogP contribution in [0.1, 0.15) is 31.5 Å². The fourth-order valence-electron chi connectivity index (χ4n) is 3.68. The van der Waals surface area contributed by atoms with Crippen LogP contribution in [0.4, 0.5) is 5.82 Å². The van der Waals surface area contributed by atoms with Crippen molar-refractivity contribution < 1.29 is 4.79 Å². The average Bonchev–Trinajstić information content (AvgIpc) is 3.25. The quantitative estimate of drug-likeness (QED) is 0.597. The highest BCUT2D eigenvalue weighted by atomic mass is 35.5. The largest absolute Gasteiger partial charge is 0.353 e. The molecular formula is C25H28ClN7O. The first kappa shape index (κ1) is 23.5. The van der Waals surface area contributed by atoms with E-state index in [1.54, 1.807) is 0 Å². The molecule has 3 heterocycles. The van der Waals surface area contributed by atoms with Crippen molar-refractivity contribution in [3.8, 4) is 0 Å². The summed E-state index contributed by atoms with van der Waals surface area (Å²) in [4.78, 5) is 23.6. The lowest BCUT2D eigenvalue weighted by atomic mass is 9.99. The van der Waals surface area contributed by atoms with Crippen molar-refractivity contribution in [3.05, 3.63) is 70.7 Å².